The maximum Gasteiger partial charge on any atom is 0.0169 e. The molecule has 0 N–H and O–H groups in total. The highest BCUT2D eigenvalue weighted by Gasteiger charge is 2.21. The molecule has 1 fully saturated rings. The molecule has 0 nitrogen and oxygen atoms in total. The highest BCUT2D eigenvalue weighted by molar-refractivity contribution is 6.33. The van der Waals surface area contributed by atoms with E-state index in [1.807, 2.05) is 0 Å². The van der Waals surface area contributed by atoms with Crippen LogP contribution in [0.1, 0.15) is 37.2 Å². The average Bonchev–Trinajstić information content (AvgIpc) is 2.32. The second-order valence-corrected chi connectivity index (χ2v) is 6.49. The van der Waals surface area contributed by atoms with Gasteiger partial charge in [0.15, 0.2) is 0 Å². The molecule has 1 aliphatic carbocycles. The standard InChI is InChI=1S/C14H22Si/c1-15-11-12-7-9-14(10-8-12)13-5-3-2-4-6-13/h2-6,12,14H,7-11,15H2,1H3. The van der Waals surface area contributed by atoms with Gasteiger partial charge in [0.2, 0.25) is 0 Å². The zero-order valence-corrected chi connectivity index (χ0v) is 11.2. The predicted molar refractivity (Wildman–Crippen MR) is 70.4 cm³/mol. The normalized spacial score (nSPS) is 27.3. The van der Waals surface area contributed by atoms with Gasteiger partial charge in [-0.15, -0.1) is 0 Å². The summed E-state index contributed by atoms with van der Waals surface area (Å²) in [5.74, 6) is 1.95. The van der Waals surface area contributed by atoms with Gasteiger partial charge in [-0.25, -0.2) is 0 Å². The fourth-order valence-electron chi connectivity index (χ4n) is 2.92. The Hall–Kier alpha value is -0.563. The van der Waals surface area contributed by atoms with Crippen LogP contribution in [0.3, 0.4) is 0 Å². The molecule has 0 spiro atoms. The lowest BCUT2D eigenvalue weighted by molar-refractivity contribution is 0.347. The number of rotatable bonds is 3. The van der Waals surface area contributed by atoms with Gasteiger partial charge < -0.3 is 0 Å². The molecule has 15 heavy (non-hydrogen) atoms. The zero-order valence-electron chi connectivity index (χ0n) is 9.78. The predicted octanol–water partition coefficient (Wildman–Crippen LogP) is 3.60. The Kier molecular flexibility index (Phi) is 4.01. The number of benzene rings is 1. The van der Waals surface area contributed by atoms with Crippen LogP contribution in [0.4, 0.5) is 0 Å². The lowest BCUT2D eigenvalue weighted by Gasteiger charge is -2.28. The molecule has 0 radical (unpaired) electrons. The van der Waals surface area contributed by atoms with E-state index in [0.29, 0.717) is 0 Å². The van der Waals surface area contributed by atoms with Crippen LogP contribution in [-0.4, -0.2) is 9.52 Å². The molecule has 0 aromatic heterocycles. The van der Waals surface area contributed by atoms with E-state index in [9.17, 15) is 0 Å². The molecule has 0 amide bonds. The van der Waals surface area contributed by atoms with E-state index >= 15 is 0 Å². The van der Waals surface area contributed by atoms with Gasteiger partial charge in [-0.05, 0) is 30.2 Å². The Labute approximate surface area is 95.9 Å². The smallest absolute Gasteiger partial charge is 0.0169 e. The van der Waals surface area contributed by atoms with Crippen molar-refractivity contribution < 1.29 is 0 Å². The fraction of sp³-hybridized carbons (Fsp3) is 0.571. The molecule has 2 rings (SSSR count). The van der Waals surface area contributed by atoms with Crippen molar-refractivity contribution in [1.82, 2.24) is 0 Å². The van der Waals surface area contributed by atoms with Gasteiger partial charge in [0.25, 0.3) is 0 Å². The van der Waals surface area contributed by atoms with Crippen LogP contribution >= 0.6 is 0 Å². The van der Waals surface area contributed by atoms with Crippen LogP contribution < -0.4 is 0 Å². The summed E-state index contributed by atoms with van der Waals surface area (Å²) in [5.41, 5.74) is 1.57. The molecule has 1 heteroatoms. The molecule has 82 valence electrons. The van der Waals surface area contributed by atoms with Crippen LogP contribution in [0.2, 0.25) is 12.6 Å². The first kappa shape index (κ1) is 10.9. The van der Waals surface area contributed by atoms with Crippen molar-refractivity contribution in [2.45, 2.75) is 44.2 Å². The molecule has 0 aliphatic heterocycles. The zero-order chi connectivity index (χ0) is 10.5. The molecule has 0 unspecified atom stereocenters. The third-order valence-corrected chi connectivity index (χ3v) is 5.21. The minimum absolute atomic E-state index is 0.289. The molecular weight excluding hydrogens is 196 g/mol. The summed E-state index contributed by atoms with van der Waals surface area (Å²) in [6.07, 6.45) is 5.84. The van der Waals surface area contributed by atoms with Gasteiger partial charge in [-0.2, -0.15) is 0 Å². The first-order valence-electron chi connectivity index (χ1n) is 6.45. The van der Waals surface area contributed by atoms with Crippen LogP contribution in [-0.2, 0) is 0 Å². The van der Waals surface area contributed by atoms with E-state index in [-0.39, 0.29) is 9.52 Å². The Balaban J connectivity index is 1.88. The summed E-state index contributed by atoms with van der Waals surface area (Å²) in [5, 5.41) is 0. The van der Waals surface area contributed by atoms with E-state index in [1.165, 1.54) is 25.7 Å². The van der Waals surface area contributed by atoms with Crippen molar-refractivity contribution in [3.8, 4) is 0 Å². The average molecular weight is 218 g/mol. The monoisotopic (exact) mass is 218 g/mol. The molecule has 0 atom stereocenters. The highest BCUT2D eigenvalue weighted by atomic mass is 28.2. The van der Waals surface area contributed by atoms with E-state index < -0.39 is 0 Å². The van der Waals surface area contributed by atoms with Crippen molar-refractivity contribution in [2.75, 3.05) is 0 Å². The molecule has 0 saturated heterocycles. The molecule has 0 bridgehead atoms. The molecule has 1 aromatic carbocycles. The summed E-state index contributed by atoms with van der Waals surface area (Å²) < 4.78 is 0. The summed E-state index contributed by atoms with van der Waals surface area (Å²) in [4.78, 5) is 0. The fourth-order valence-corrected chi connectivity index (χ4v) is 4.31. The van der Waals surface area contributed by atoms with Crippen LogP contribution in [0.5, 0.6) is 0 Å². The number of hydrogen-bond donors (Lipinski definition) is 0. The summed E-state index contributed by atoms with van der Waals surface area (Å²) in [6.45, 7) is 2.45. The van der Waals surface area contributed by atoms with E-state index in [1.54, 1.807) is 11.6 Å². The van der Waals surface area contributed by atoms with E-state index in [2.05, 4.69) is 36.9 Å². The SMILES string of the molecule is C[SiH2]CC1CCC(c2ccccc2)CC1. The Morgan fingerprint density at radius 3 is 2.33 bits per heavy atom. The molecule has 1 aromatic rings. The van der Waals surface area contributed by atoms with Gasteiger partial charge in [0, 0.05) is 9.52 Å². The lowest BCUT2D eigenvalue weighted by atomic mass is 9.79. The van der Waals surface area contributed by atoms with Gasteiger partial charge in [-0.3, -0.25) is 0 Å². The number of hydrogen-bond acceptors (Lipinski definition) is 0. The molecular formula is C14H22Si. The van der Waals surface area contributed by atoms with Gasteiger partial charge in [-0.1, -0.05) is 55.8 Å². The maximum absolute atomic E-state index is 2.45. The molecule has 1 aliphatic rings. The molecule has 0 heterocycles. The van der Waals surface area contributed by atoms with Crippen LogP contribution in [0.15, 0.2) is 30.3 Å². The van der Waals surface area contributed by atoms with Crippen molar-refractivity contribution >= 4 is 9.52 Å². The van der Waals surface area contributed by atoms with Gasteiger partial charge in [0.1, 0.15) is 0 Å². The first-order valence-corrected chi connectivity index (χ1v) is 8.86. The maximum atomic E-state index is 2.45. The summed E-state index contributed by atoms with van der Waals surface area (Å²) >= 11 is 0. The van der Waals surface area contributed by atoms with Crippen molar-refractivity contribution in [3.63, 3.8) is 0 Å². The Morgan fingerprint density at radius 1 is 1.07 bits per heavy atom. The Bertz CT molecular complexity index is 273. The second-order valence-electron chi connectivity index (χ2n) is 4.92. The van der Waals surface area contributed by atoms with Gasteiger partial charge in [0.05, 0.1) is 0 Å². The largest absolute Gasteiger partial charge is 0.0748 e. The minimum atomic E-state index is 0.289. The van der Waals surface area contributed by atoms with Crippen molar-refractivity contribution in [1.29, 1.82) is 0 Å². The van der Waals surface area contributed by atoms with Crippen LogP contribution in [0.25, 0.3) is 0 Å². The van der Waals surface area contributed by atoms with E-state index in [0.717, 1.165) is 11.8 Å². The van der Waals surface area contributed by atoms with Crippen molar-refractivity contribution in [3.05, 3.63) is 35.9 Å². The lowest BCUT2D eigenvalue weighted by Crippen LogP contribution is -2.13. The van der Waals surface area contributed by atoms with Crippen molar-refractivity contribution in [2.24, 2.45) is 5.92 Å². The first-order chi connectivity index (χ1) is 7.40. The van der Waals surface area contributed by atoms with E-state index in [4.69, 9.17) is 0 Å². The summed E-state index contributed by atoms with van der Waals surface area (Å²) in [7, 11) is 0.289. The quantitative estimate of drug-likeness (QED) is 0.680. The van der Waals surface area contributed by atoms with Crippen LogP contribution in [0, 0.1) is 5.92 Å². The summed E-state index contributed by atoms with van der Waals surface area (Å²) in [6, 6.07) is 12.7. The second kappa shape index (κ2) is 5.50. The highest BCUT2D eigenvalue weighted by Crippen LogP contribution is 2.36. The molecule has 1 saturated carbocycles. The minimum Gasteiger partial charge on any atom is -0.0748 e. The van der Waals surface area contributed by atoms with Gasteiger partial charge >= 0.3 is 0 Å². The third kappa shape index (κ3) is 2.94. The Morgan fingerprint density at radius 2 is 1.73 bits per heavy atom. The topological polar surface area (TPSA) is 0 Å². The third-order valence-electron chi connectivity index (χ3n) is 3.81.